The molecule has 2 N–H and O–H groups in total. The molecule has 25 heavy (non-hydrogen) atoms. The van der Waals surface area contributed by atoms with Crippen LogP contribution in [0.5, 0.6) is 0 Å². The van der Waals surface area contributed by atoms with Crippen molar-refractivity contribution in [1.29, 1.82) is 0 Å². The number of hydrogen-bond acceptors (Lipinski definition) is 3. The highest BCUT2D eigenvalue weighted by Gasteiger charge is 2.25. The van der Waals surface area contributed by atoms with Crippen molar-refractivity contribution in [2.75, 3.05) is 0 Å². The van der Waals surface area contributed by atoms with E-state index in [1.165, 1.54) is 18.2 Å². The van der Waals surface area contributed by atoms with E-state index in [0.29, 0.717) is 17.2 Å². The zero-order valence-electron chi connectivity index (χ0n) is 13.9. The number of hydrogen-bond donors (Lipinski definition) is 2. The molecule has 0 saturated heterocycles. The molecule has 1 aromatic heterocycles. The van der Waals surface area contributed by atoms with Gasteiger partial charge >= 0.3 is 5.97 Å². The van der Waals surface area contributed by atoms with Gasteiger partial charge in [0.15, 0.2) is 6.04 Å². The molecule has 1 aromatic carbocycles. The lowest BCUT2D eigenvalue weighted by atomic mass is 10.0. The SMILES string of the molecule is Cc1cc(C(NC(=O)c2ccn(C3CCCC3)n2)C(=O)O)ccc1F. The molecule has 1 unspecified atom stereocenters. The Hall–Kier alpha value is -2.70. The molecule has 1 aliphatic rings. The highest BCUT2D eigenvalue weighted by Crippen LogP contribution is 2.28. The van der Waals surface area contributed by atoms with Gasteiger partial charge in [0, 0.05) is 6.20 Å². The number of carbonyl (C=O) groups is 2. The third-order valence-electron chi connectivity index (χ3n) is 4.58. The molecule has 1 fully saturated rings. The second-order valence-electron chi connectivity index (χ2n) is 6.37. The molecule has 1 atom stereocenters. The normalized spacial score (nSPS) is 15.9. The maximum atomic E-state index is 13.4. The Morgan fingerprint density at radius 3 is 2.68 bits per heavy atom. The van der Waals surface area contributed by atoms with Crippen LogP contribution in [0.3, 0.4) is 0 Å². The summed E-state index contributed by atoms with van der Waals surface area (Å²) in [6.07, 6.45) is 6.13. The summed E-state index contributed by atoms with van der Waals surface area (Å²) in [5.41, 5.74) is 0.815. The first-order valence-electron chi connectivity index (χ1n) is 8.30. The summed E-state index contributed by atoms with van der Waals surface area (Å²) in [5.74, 6) is -2.20. The molecule has 132 valence electrons. The van der Waals surface area contributed by atoms with E-state index in [2.05, 4.69) is 10.4 Å². The first-order chi connectivity index (χ1) is 12.0. The number of carboxylic acid groups (broad SMARTS) is 1. The standard InChI is InChI=1S/C18H20FN3O3/c1-11-10-12(6-7-14(11)19)16(18(24)25)20-17(23)15-8-9-22(21-15)13-4-2-3-5-13/h6-10,13,16H,2-5H2,1H3,(H,20,23)(H,24,25). The van der Waals surface area contributed by atoms with Crippen molar-refractivity contribution in [3.8, 4) is 0 Å². The Labute approximate surface area is 144 Å². The highest BCUT2D eigenvalue weighted by molar-refractivity contribution is 5.95. The van der Waals surface area contributed by atoms with Gasteiger partial charge in [-0.05, 0) is 43.0 Å². The number of carbonyl (C=O) groups excluding carboxylic acids is 1. The van der Waals surface area contributed by atoms with Crippen LogP contribution in [0.25, 0.3) is 0 Å². The van der Waals surface area contributed by atoms with E-state index >= 15 is 0 Å². The molecule has 0 radical (unpaired) electrons. The number of aryl methyl sites for hydroxylation is 1. The van der Waals surface area contributed by atoms with E-state index in [1.54, 1.807) is 23.9 Å². The van der Waals surface area contributed by atoms with Crippen molar-refractivity contribution in [3.63, 3.8) is 0 Å². The summed E-state index contributed by atoms with van der Waals surface area (Å²) < 4.78 is 15.2. The van der Waals surface area contributed by atoms with E-state index in [4.69, 9.17) is 0 Å². The molecule has 1 amide bonds. The molecule has 1 saturated carbocycles. The van der Waals surface area contributed by atoms with Gasteiger partial charge < -0.3 is 10.4 Å². The van der Waals surface area contributed by atoms with Gasteiger partial charge in [-0.15, -0.1) is 0 Å². The minimum absolute atomic E-state index is 0.178. The van der Waals surface area contributed by atoms with E-state index in [0.717, 1.165) is 25.7 Å². The predicted octanol–water partition coefficient (Wildman–Crippen LogP) is 3.00. The quantitative estimate of drug-likeness (QED) is 0.872. The Kier molecular flexibility index (Phi) is 4.83. The van der Waals surface area contributed by atoms with Crippen LogP contribution < -0.4 is 5.32 Å². The first kappa shape index (κ1) is 17.1. The summed E-state index contributed by atoms with van der Waals surface area (Å²) in [6.45, 7) is 1.54. The lowest BCUT2D eigenvalue weighted by Crippen LogP contribution is -2.34. The van der Waals surface area contributed by atoms with Crippen molar-refractivity contribution >= 4 is 11.9 Å². The molecule has 3 rings (SSSR count). The van der Waals surface area contributed by atoms with E-state index in [9.17, 15) is 19.1 Å². The number of aromatic nitrogens is 2. The number of nitrogens with one attached hydrogen (secondary N) is 1. The molecule has 0 aliphatic heterocycles. The second-order valence-corrected chi connectivity index (χ2v) is 6.37. The van der Waals surface area contributed by atoms with Crippen molar-refractivity contribution in [2.24, 2.45) is 0 Å². The van der Waals surface area contributed by atoms with E-state index in [1.807, 2.05) is 0 Å². The highest BCUT2D eigenvalue weighted by atomic mass is 19.1. The largest absolute Gasteiger partial charge is 0.479 e. The maximum Gasteiger partial charge on any atom is 0.330 e. The minimum atomic E-state index is -1.26. The molecular weight excluding hydrogens is 325 g/mol. The molecule has 0 bridgehead atoms. The maximum absolute atomic E-state index is 13.4. The molecule has 0 spiro atoms. The lowest BCUT2D eigenvalue weighted by molar-refractivity contribution is -0.139. The number of benzene rings is 1. The zero-order valence-corrected chi connectivity index (χ0v) is 13.9. The Balaban J connectivity index is 1.76. The fourth-order valence-electron chi connectivity index (χ4n) is 3.17. The van der Waals surface area contributed by atoms with Gasteiger partial charge in [-0.1, -0.05) is 25.0 Å². The molecule has 7 heteroatoms. The van der Waals surface area contributed by atoms with Crippen LogP contribution in [-0.4, -0.2) is 26.8 Å². The van der Waals surface area contributed by atoms with Crippen LogP contribution in [0.1, 0.15) is 59.4 Å². The summed E-state index contributed by atoms with van der Waals surface area (Å²) in [5, 5.41) is 16.2. The Morgan fingerprint density at radius 2 is 2.04 bits per heavy atom. The van der Waals surface area contributed by atoms with Gasteiger partial charge in [0.1, 0.15) is 11.5 Å². The summed E-state index contributed by atoms with van der Waals surface area (Å²) >= 11 is 0. The van der Waals surface area contributed by atoms with Crippen LogP contribution in [0.2, 0.25) is 0 Å². The van der Waals surface area contributed by atoms with E-state index < -0.39 is 23.7 Å². The number of nitrogens with zero attached hydrogens (tertiary/aromatic N) is 2. The number of carboxylic acids is 1. The van der Waals surface area contributed by atoms with Gasteiger partial charge in [-0.25, -0.2) is 9.18 Å². The number of aliphatic carboxylic acids is 1. The molecular formula is C18H20FN3O3. The van der Waals surface area contributed by atoms with Crippen LogP contribution in [0, 0.1) is 12.7 Å². The van der Waals surface area contributed by atoms with Crippen molar-refractivity contribution in [3.05, 3.63) is 53.1 Å². The van der Waals surface area contributed by atoms with Crippen LogP contribution >= 0.6 is 0 Å². The third-order valence-corrected chi connectivity index (χ3v) is 4.58. The molecule has 1 aliphatic carbocycles. The fraction of sp³-hybridized carbons (Fsp3) is 0.389. The Morgan fingerprint density at radius 1 is 1.32 bits per heavy atom. The van der Waals surface area contributed by atoms with Gasteiger partial charge in [0.2, 0.25) is 0 Å². The van der Waals surface area contributed by atoms with Crippen molar-refractivity contribution < 1.29 is 19.1 Å². The lowest BCUT2D eigenvalue weighted by Gasteiger charge is -2.15. The number of rotatable bonds is 5. The number of amides is 1. The average Bonchev–Trinajstić information content (AvgIpc) is 3.25. The average molecular weight is 345 g/mol. The molecule has 1 heterocycles. The molecule has 6 nitrogen and oxygen atoms in total. The van der Waals surface area contributed by atoms with E-state index in [-0.39, 0.29) is 5.69 Å². The predicted molar refractivity (Wildman–Crippen MR) is 88.7 cm³/mol. The number of halogens is 1. The van der Waals surface area contributed by atoms with Crippen LogP contribution in [0.15, 0.2) is 30.5 Å². The fourth-order valence-corrected chi connectivity index (χ4v) is 3.17. The molecule has 2 aromatic rings. The summed E-state index contributed by atoms with van der Waals surface area (Å²) in [7, 11) is 0. The van der Waals surface area contributed by atoms with Gasteiger partial charge in [0.25, 0.3) is 5.91 Å². The summed E-state index contributed by atoms with van der Waals surface area (Å²) in [4.78, 5) is 23.9. The monoisotopic (exact) mass is 345 g/mol. The van der Waals surface area contributed by atoms with Gasteiger partial charge in [-0.2, -0.15) is 5.10 Å². The van der Waals surface area contributed by atoms with Gasteiger partial charge in [0.05, 0.1) is 6.04 Å². The summed E-state index contributed by atoms with van der Waals surface area (Å²) in [6, 6.07) is 4.61. The van der Waals surface area contributed by atoms with Crippen molar-refractivity contribution in [2.45, 2.75) is 44.7 Å². The van der Waals surface area contributed by atoms with Crippen LogP contribution in [0.4, 0.5) is 4.39 Å². The van der Waals surface area contributed by atoms with Crippen LogP contribution in [-0.2, 0) is 4.79 Å². The van der Waals surface area contributed by atoms with Crippen molar-refractivity contribution in [1.82, 2.24) is 15.1 Å². The van der Waals surface area contributed by atoms with Gasteiger partial charge in [-0.3, -0.25) is 9.48 Å². The first-order valence-corrected chi connectivity index (χ1v) is 8.30. The Bertz CT molecular complexity index is 797. The minimum Gasteiger partial charge on any atom is -0.479 e. The zero-order chi connectivity index (χ0) is 18.0. The second kappa shape index (κ2) is 7.04. The smallest absolute Gasteiger partial charge is 0.330 e. The topological polar surface area (TPSA) is 84.2 Å². The third kappa shape index (κ3) is 3.70.